The molecular weight excluding hydrogens is 315 g/mol. The van der Waals surface area contributed by atoms with Crippen molar-refractivity contribution in [2.45, 2.75) is 12.6 Å². The number of anilines is 1. The Morgan fingerprint density at radius 2 is 1.59 bits per heavy atom. The molecule has 0 atom stereocenters. The van der Waals surface area contributed by atoms with Crippen LogP contribution in [0.5, 0.6) is 0 Å². The van der Waals surface area contributed by atoms with Crippen molar-refractivity contribution >= 4 is 15.7 Å². The second kappa shape index (κ2) is 5.01. The van der Waals surface area contributed by atoms with E-state index in [0.29, 0.717) is 17.7 Å². The predicted molar refractivity (Wildman–Crippen MR) is 78.0 cm³/mol. The standard InChI is InChI=1S/C15H12F3NO2S/c16-15(17,18)13-4-1-10(2-5-13)11-3-6-14-12(9-11)7-8-22(20,21)19-14/h1-6,9,19H,7-8H2. The van der Waals surface area contributed by atoms with E-state index < -0.39 is 21.8 Å². The van der Waals surface area contributed by atoms with Crippen LogP contribution in [0.1, 0.15) is 11.1 Å². The molecule has 0 saturated heterocycles. The van der Waals surface area contributed by atoms with Crippen molar-refractivity contribution in [2.24, 2.45) is 0 Å². The molecule has 1 aliphatic rings. The second-order valence-corrected chi connectivity index (χ2v) is 6.96. The summed E-state index contributed by atoms with van der Waals surface area (Å²) in [5, 5.41) is 0. The molecule has 7 heteroatoms. The van der Waals surface area contributed by atoms with Crippen LogP contribution in [0, 0.1) is 0 Å². The van der Waals surface area contributed by atoms with Gasteiger partial charge >= 0.3 is 6.18 Å². The van der Waals surface area contributed by atoms with Crippen molar-refractivity contribution in [1.29, 1.82) is 0 Å². The highest BCUT2D eigenvalue weighted by Gasteiger charge is 2.30. The van der Waals surface area contributed by atoms with Crippen molar-refractivity contribution in [3.63, 3.8) is 0 Å². The molecule has 1 aliphatic heterocycles. The van der Waals surface area contributed by atoms with E-state index in [2.05, 4.69) is 4.72 Å². The van der Waals surface area contributed by atoms with E-state index in [0.717, 1.165) is 23.3 Å². The zero-order valence-electron chi connectivity index (χ0n) is 11.3. The van der Waals surface area contributed by atoms with Crippen LogP contribution < -0.4 is 4.72 Å². The van der Waals surface area contributed by atoms with E-state index in [9.17, 15) is 21.6 Å². The van der Waals surface area contributed by atoms with Crippen LogP contribution in [-0.4, -0.2) is 14.2 Å². The predicted octanol–water partition coefficient (Wildman–Crippen LogP) is 3.67. The Hall–Kier alpha value is -2.02. The number of alkyl halides is 3. The van der Waals surface area contributed by atoms with Crippen LogP contribution >= 0.6 is 0 Å². The summed E-state index contributed by atoms with van der Waals surface area (Å²) in [5.74, 6) is 0.0104. The first-order valence-electron chi connectivity index (χ1n) is 6.56. The molecule has 0 spiro atoms. The van der Waals surface area contributed by atoms with E-state index in [-0.39, 0.29) is 5.75 Å². The van der Waals surface area contributed by atoms with Crippen molar-refractivity contribution in [1.82, 2.24) is 0 Å². The molecule has 0 radical (unpaired) electrons. The molecule has 0 bridgehead atoms. The smallest absolute Gasteiger partial charge is 0.283 e. The molecular formula is C15H12F3NO2S. The average molecular weight is 327 g/mol. The second-order valence-electron chi connectivity index (χ2n) is 5.12. The maximum atomic E-state index is 12.6. The highest BCUT2D eigenvalue weighted by molar-refractivity contribution is 7.92. The number of nitrogens with one attached hydrogen (secondary N) is 1. The normalized spacial score (nSPS) is 16.7. The molecule has 3 nitrogen and oxygen atoms in total. The lowest BCUT2D eigenvalue weighted by molar-refractivity contribution is -0.137. The third-order valence-electron chi connectivity index (χ3n) is 3.56. The Balaban J connectivity index is 1.94. The monoisotopic (exact) mass is 327 g/mol. The van der Waals surface area contributed by atoms with Gasteiger partial charge in [0.2, 0.25) is 10.0 Å². The van der Waals surface area contributed by atoms with Crippen LogP contribution in [0.15, 0.2) is 42.5 Å². The summed E-state index contributed by atoms with van der Waals surface area (Å²) in [5.41, 5.74) is 2.09. The average Bonchev–Trinajstić information content (AvgIpc) is 2.45. The van der Waals surface area contributed by atoms with Gasteiger partial charge in [-0.05, 0) is 47.4 Å². The summed E-state index contributed by atoms with van der Waals surface area (Å²) in [6, 6.07) is 10.0. The van der Waals surface area contributed by atoms with Crippen molar-refractivity contribution in [3.8, 4) is 11.1 Å². The minimum atomic E-state index is -4.35. The van der Waals surface area contributed by atoms with E-state index in [1.165, 1.54) is 12.1 Å². The molecule has 0 aliphatic carbocycles. The van der Waals surface area contributed by atoms with Gasteiger partial charge in [-0.15, -0.1) is 0 Å². The molecule has 1 N–H and O–H groups in total. The summed E-state index contributed by atoms with van der Waals surface area (Å²) in [6.45, 7) is 0. The third-order valence-corrected chi connectivity index (χ3v) is 4.83. The Kier molecular flexibility index (Phi) is 3.40. The third kappa shape index (κ3) is 2.94. The number of aryl methyl sites for hydroxylation is 1. The molecule has 1 heterocycles. The van der Waals surface area contributed by atoms with Crippen LogP contribution in [0.3, 0.4) is 0 Å². The van der Waals surface area contributed by atoms with Gasteiger partial charge in [-0.3, -0.25) is 4.72 Å². The molecule has 116 valence electrons. The summed E-state index contributed by atoms with van der Waals surface area (Å²) in [7, 11) is -3.27. The van der Waals surface area contributed by atoms with Gasteiger partial charge in [0, 0.05) is 0 Å². The molecule has 22 heavy (non-hydrogen) atoms. The van der Waals surface area contributed by atoms with E-state index in [1.807, 2.05) is 0 Å². The number of hydrogen-bond donors (Lipinski definition) is 1. The van der Waals surface area contributed by atoms with Crippen molar-refractivity contribution in [2.75, 3.05) is 10.5 Å². The van der Waals surface area contributed by atoms with Crippen molar-refractivity contribution in [3.05, 3.63) is 53.6 Å². The van der Waals surface area contributed by atoms with Crippen LogP contribution in [0.25, 0.3) is 11.1 Å². The van der Waals surface area contributed by atoms with Gasteiger partial charge < -0.3 is 0 Å². The highest BCUT2D eigenvalue weighted by atomic mass is 32.2. The minimum Gasteiger partial charge on any atom is -0.283 e. The first-order valence-corrected chi connectivity index (χ1v) is 8.21. The zero-order chi connectivity index (χ0) is 16.0. The fraction of sp³-hybridized carbons (Fsp3) is 0.200. The number of fused-ring (bicyclic) bond motifs is 1. The van der Waals surface area contributed by atoms with Gasteiger partial charge in [0.15, 0.2) is 0 Å². The summed E-state index contributed by atoms with van der Waals surface area (Å²) >= 11 is 0. The van der Waals surface area contributed by atoms with E-state index in [1.54, 1.807) is 18.2 Å². The Morgan fingerprint density at radius 3 is 2.23 bits per heavy atom. The SMILES string of the molecule is O=S1(=O)CCc2cc(-c3ccc(C(F)(F)F)cc3)ccc2N1. The van der Waals surface area contributed by atoms with Gasteiger partial charge in [0.1, 0.15) is 0 Å². The zero-order valence-corrected chi connectivity index (χ0v) is 12.1. The number of benzene rings is 2. The molecule has 0 amide bonds. The van der Waals surface area contributed by atoms with E-state index in [4.69, 9.17) is 0 Å². The lowest BCUT2D eigenvalue weighted by Gasteiger charge is -2.19. The van der Waals surface area contributed by atoms with Gasteiger partial charge in [-0.2, -0.15) is 13.2 Å². The van der Waals surface area contributed by atoms with Crippen LogP contribution in [-0.2, 0) is 22.6 Å². The van der Waals surface area contributed by atoms with Gasteiger partial charge in [-0.1, -0.05) is 18.2 Å². The van der Waals surface area contributed by atoms with Crippen LogP contribution in [0.4, 0.5) is 18.9 Å². The van der Waals surface area contributed by atoms with Gasteiger partial charge in [0.05, 0.1) is 17.0 Å². The lowest BCUT2D eigenvalue weighted by atomic mass is 9.99. The maximum absolute atomic E-state index is 12.6. The highest BCUT2D eigenvalue weighted by Crippen LogP contribution is 2.32. The number of halogens is 3. The first-order chi connectivity index (χ1) is 10.2. The quantitative estimate of drug-likeness (QED) is 0.869. The topological polar surface area (TPSA) is 46.2 Å². The molecule has 3 rings (SSSR count). The number of rotatable bonds is 1. The number of hydrogen-bond acceptors (Lipinski definition) is 2. The van der Waals surface area contributed by atoms with Crippen molar-refractivity contribution < 1.29 is 21.6 Å². The molecule has 0 aromatic heterocycles. The fourth-order valence-electron chi connectivity index (χ4n) is 2.39. The molecule has 0 fully saturated rings. The summed E-state index contributed by atoms with van der Waals surface area (Å²) < 4.78 is 63.1. The van der Waals surface area contributed by atoms with Gasteiger partial charge in [0.25, 0.3) is 0 Å². The molecule has 0 unspecified atom stereocenters. The Labute approximate surface area is 125 Å². The molecule has 2 aromatic carbocycles. The largest absolute Gasteiger partial charge is 0.416 e. The lowest BCUT2D eigenvalue weighted by Crippen LogP contribution is -2.23. The summed E-state index contributed by atoms with van der Waals surface area (Å²) in [6.07, 6.45) is -3.97. The Bertz CT molecular complexity index is 812. The van der Waals surface area contributed by atoms with Crippen LogP contribution in [0.2, 0.25) is 0 Å². The molecule has 2 aromatic rings. The van der Waals surface area contributed by atoms with Gasteiger partial charge in [-0.25, -0.2) is 8.42 Å². The minimum absolute atomic E-state index is 0.0104. The summed E-state index contributed by atoms with van der Waals surface area (Å²) in [4.78, 5) is 0. The maximum Gasteiger partial charge on any atom is 0.416 e. The first kappa shape index (κ1) is 14.9. The van der Waals surface area contributed by atoms with E-state index >= 15 is 0 Å². The molecule has 0 saturated carbocycles. The Morgan fingerprint density at radius 1 is 0.955 bits per heavy atom. The fourth-order valence-corrected chi connectivity index (χ4v) is 3.52. The number of sulfonamides is 1.